The van der Waals surface area contributed by atoms with E-state index in [1.165, 1.54) is 12.8 Å². The predicted molar refractivity (Wildman–Crippen MR) is 107 cm³/mol. The summed E-state index contributed by atoms with van der Waals surface area (Å²) in [6.07, 6.45) is 5.44. The van der Waals surface area contributed by atoms with Crippen LogP contribution < -0.4 is 5.32 Å². The Hall–Kier alpha value is -1.39. The maximum absolute atomic E-state index is 12.4. The van der Waals surface area contributed by atoms with Gasteiger partial charge in [-0.25, -0.2) is 0 Å². The molecule has 0 unspecified atom stereocenters. The predicted octanol–water partition coefficient (Wildman–Crippen LogP) is 3.68. The molecule has 0 atom stereocenters. The second-order valence-corrected chi connectivity index (χ2v) is 7.75. The zero-order valence-electron chi connectivity index (χ0n) is 15.9. The van der Waals surface area contributed by atoms with E-state index in [1.54, 1.807) is 0 Å². The van der Waals surface area contributed by atoms with Crippen LogP contribution in [0.2, 0.25) is 0 Å². The molecule has 0 aromatic heterocycles. The van der Waals surface area contributed by atoms with E-state index in [9.17, 15) is 9.59 Å². The summed E-state index contributed by atoms with van der Waals surface area (Å²) < 4.78 is 0. The average molecular weight is 379 g/mol. The van der Waals surface area contributed by atoms with E-state index < -0.39 is 0 Å². The lowest BCUT2D eigenvalue weighted by atomic mass is 9.98. The van der Waals surface area contributed by atoms with Gasteiger partial charge < -0.3 is 10.2 Å². The van der Waals surface area contributed by atoms with Crippen LogP contribution in [-0.4, -0.2) is 42.3 Å². The number of nitrogens with one attached hydrogen (secondary N) is 1. The Balaban J connectivity index is 0.00000243. The van der Waals surface area contributed by atoms with Gasteiger partial charge in [0, 0.05) is 37.5 Å². The molecule has 2 fully saturated rings. The molecule has 144 valence electrons. The molecule has 1 amide bonds. The minimum Gasteiger partial charge on any atom is -0.343 e. The number of likely N-dealkylation sites (tertiary alicyclic amines) is 1. The molecule has 1 aliphatic heterocycles. The molecule has 0 spiro atoms. The number of aryl methyl sites for hydroxylation is 2. The van der Waals surface area contributed by atoms with Crippen molar-refractivity contribution in [2.45, 2.75) is 58.4 Å². The van der Waals surface area contributed by atoms with Crippen LogP contribution in [0, 0.1) is 19.8 Å². The quantitative estimate of drug-likeness (QED) is 0.736. The summed E-state index contributed by atoms with van der Waals surface area (Å²) in [5, 5.41) is 3.63. The van der Waals surface area contributed by atoms with Crippen LogP contribution in [0.3, 0.4) is 0 Å². The van der Waals surface area contributed by atoms with Gasteiger partial charge in [0.1, 0.15) is 0 Å². The summed E-state index contributed by atoms with van der Waals surface area (Å²) in [5.74, 6) is 1.10. The van der Waals surface area contributed by atoms with E-state index in [4.69, 9.17) is 0 Å². The Morgan fingerprint density at radius 3 is 2.42 bits per heavy atom. The number of carbonyl (C=O) groups excluding carboxylic acids is 2. The summed E-state index contributed by atoms with van der Waals surface area (Å²) >= 11 is 0. The molecule has 5 heteroatoms. The lowest BCUT2D eigenvalue weighted by molar-refractivity contribution is -0.132. The number of halogens is 1. The van der Waals surface area contributed by atoms with Crippen molar-refractivity contribution < 1.29 is 9.59 Å². The molecule has 26 heavy (non-hydrogen) atoms. The van der Waals surface area contributed by atoms with Gasteiger partial charge in [0.05, 0.1) is 0 Å². The van der Waals surface area contributed by atoms with E-state index >= 15 is 0 Å². The smallest absolute Gasteiger partial charge is 0.223 e. The first-order chi connectivity index (χ1) is 12.0. The van der Waals surface area contributed by atoms with Gasteiger partial charge in [-0.2, -0.15) is 0 Å². The molecule has 3 rings (SSSR count). The molecule has 4 nitrogen and oxygen atoms in total. The lowest BCUT2D eigenvalue weighted by Crippen LogP contribution is -2.45. The average Bonchev–Trinajstić information content (AvgIpc) is 3.44. The summed E-state index contributed by atoms with van der Waals surface area (Å²) in [6, 6.07) is 6.47. The minimum absolute atomic E-state index is 0. The monoisotopic (exact) mass is 378 g/mol. The standard InChI is InChI=1S/C21H30N2O2.ClH/c1-15-3-4-16(2)19(13-15)20(24)7-8-21(25)23-11-9-18(10-12-23)22-14-17-5-6-17;/h3-4,13,17-18,22H,5-12,14H2,1-2H3;1H. The first-order valence-corrected chi connectivity index (χ1v) is 9.64. The molecule has 1 saturated carbocycles. The number of Topliss-reactive ketones (excluding diaryl/α,β-unsaturated/α-hetero) is 1. The molecule has 1 saturated heterocycles. The SMILES string of the molecule is Cc1ccc(C)c(C(=O)CCC(=O)N2CCC(NCC3CC3)CC2)c1.Cl. The van der Waals surface area contributed by atoms with Crippen LogP contribution >= 0.6 is 12.4 Å². The van der Waals surface area contributed by atoms with E-state index in [0.717, 1.165) is 55.1 Å². The highest BCUT2D eigenvalue weighted by molar-refractivity contribution is 5.99. The van der Waals surface area contributed by atoms with Gasteiger partial charge in [0.2, 0.25) is 5.91 Å². The number of ketones is 1. The van der Waals surface area contributed by atoms with Crippen molar-refractivity contribution in [2.24, 2.45) is 5.92 Å². The fourth-order valence-corrected chi connectivity index (χ4v) is 3.54. The fourth-order valence-electron chi connectivity index (χ4n) is 3.54. The van der Waals surface area contributed by atoms with Crippen LogP contribution in [0.25, 0.3) is 0 Å². The van der Waals surface area contributed by atoms with Crippen molar-refractivity contribution in [3.63, 3.8) is 0 Å². The third-order valence-corrected chi connectivity index (χ3v) is 5.50. The van der Waals surface area contributed by atoms with Crippen molar-refractivity contribution in [1.29, 1.82) is 0 Å². The van der Waals surface area contributed by atoms with Crippen LogP contribution in [0.1, 0.15) is 60.0 Å². The van der Waals surface area contributed by atoms with Gasteiger partial charge in [0.15, 0.2) is 5.78 Å². The molecule has 0 radical (unpaired) electrons. The zero-order chi connectivity index (χ0) is 17.8. The van der Waals surface area contributed by atoms with Gasteiger partial charge >= 0.3 is 0 Å². The highest BCUT2D eigenvalue weighted by Gasteiger charge is 2.26. The third kappa shape index (κ3) is 5.82. The number of piperidine rings is 1. The molecular formula is C21H31ClN2O2. The summed E-state index contributed by atoms with van der Waals surface area (Å²) in [6.45, 7) is 6.72. The Bertz CT molecular complexity index is 635. The zero-order valence-corrected chi connectivity index (χ0v) is 16.7. The number of hydrogen-bond donors (Lipinski definition) is 1. The Morgan fingerprint density at radius 2 is 1.77 bits per heavy atom. The first-order valence-electron chi connectivity index (χ1n) is 9.64. The second-order valence-electron chi connectivity index (χ2n) is 7.75. The lowest BCUT2D eigenvalue weighted by Gasteiger charge is -2.32. The van der Waals surface area contributed by atoms with E-state index in [1.807, 2.05) is 36.9 Å². The van der Waals surface area contributed by atoms with Crippen molar-refractivity contribution >= 4 is 24.1 Å². The van der Waals surface area contributed by atoms with Gasteiger partial charge in [0.25, 0.3) is 0 Å². The van der Waals surface area contributed by atoms with Crippen molar-refractivity contribution in [2.75, 3.05) is 19.6 Å². The van der Waals surface area contributed by atoms with Gasteiger partial charge in [-0.1, -0.05) is 17.7 Å². The first kappa shape index (κ1) is 20.9. The highest BCUT2D eigenvalue weighted by atomic mass is 35.5. The fraction of sp³-hybridized carbons (Fsp3) is 0.619. The normalized spacial score (nSPS) is 17.7. The highest BCUT2D eigenvalue weighted by Crippen LogP contribution is 2.28. The molecular weight excluding hydrogens is 348 g/mol. The largest absolute Gasteiger partial charge is 0.343 e. The second kappa shape index (κ2) is 9.52. The number of nitrogens with zero attached hydrogens (tertiary/aromatic N) is 1. The topological polar surface area (TPSA) is 49.4 Å². The van der Waals surface area contributed by atoms with Crippen LogP contribution in [-0.2, 0) is 4.79 Å². The Labute approximate surface area is 163 Å². The van der Waals surface area contributed by atoms with Crippen molar-refractivity contribution in [1.82, 2.24) is 10.2 Å². The maximum atomic E-state index is 12.4. The van der Waals surface area contributed by atoms with Gasteiger partial charge in [-0.3, -0.25) is 9.59 Å². The van der Waals surface area contributed by atoms with Gasteiger partial charge in [-0.15, -0.1) is 12.4 Å². The summed E-state index contributed by atoms with van der Waals surface area (Å²) in [7, 11) is 0. The molecule has 1 aromatic rings. The molecule has 2 aliphatic rings. The Kier molecular flexibility index (Phi) is 7.66. The summed E-state index contributed by atoms with van der Waals surface area (Å²) in [4.78, 5) is 26.8. The van der Waals surface area contributed by atoms with E-state index in [-0.39, 0.29) is 24.1 Å². The number of carbonyl (C=O) groups is 2. The van der Waals surface area contributed by atoms with Gasteiger partial charge in [-0.05, 0) is 63.6 Å². The van der Waals surface area contributed by atoms with Crippen LogP contribution in [0.15, 0.2) is 18.2 Å². The molecule has 1 heterocycles. The maximum Gasteiger partial charge on any atom is 0.223 e. The van der Waals surface area contributed by atoms with Crippen LogP contribution in [0.5, 0.6) is 0 Å². The van der Waals surface area contributed by atoms with Crippen molar-refractivity contribution in [3.8, 4) is 0 Å². The van der Waals surface area contributed by atoms with E-state index in [0.29, 0.717) is 18.9 Å². The van der Waals surface area contributed by atoms with E-state index in [2.05, 4.69) is 5.32 Å². The van der Waals surface area contributed by atoms with Crippen LogP contribution in [0.4, 0.5) is 0 Å². The molecule has 1 aliphatic carbocycles. The number of hydrogen-bond acceptors (Lipinski definition) is 3. The third-order valence-electron chi connectivity index (χ3n) is 5.50. The molecule has 0 bridgehead atoms. The molecule has 1 aromatic carbocycles. The number of amides is 1. The molecule has 1 N–H and O–H groups in total. The number of benzene rings is 1. The summed E-state index contributed by atoms with van der Waals surface area (Å²) in [5.41, 5.74) is 2.84. The Morgan fingerprint density at radius 1 is 1.08 bits per heavy atom. The number of rotatable bonds is 7. The van der Waals surface area contributed by atoms with Crippen molar-refractivity contribution in [3.05, 3.63) is 34.9 Å². The minimum atomic E-state index is 0.